The third kappa shape index (κ3) is 3.49. The highest BCUT2D eigenvalue weighted by atomic mass is 16.4. The Morgan fingerprint density at radius 2 is 2.00 bits per heavy atom. The molecule has 4 nitrogen and oxygen atoms in total. The molecule has 2 aliphatic carbocycles. The lowest BCUT2D eigenvalue weighted by Crippen LogP contribution is -2.52. The van der Waals surface area contributed by atoms with Crippen molar-refractivity contribution in [3.8, 4) is 0 Å². The molecule has 0 spiro atoms. The minimum atomic E-state index is -1.02. The molecule has 0 radical (unpaired) electrons. The number of carboxylic acids is 1. The highest BCUT2D eigenvalue weighted by molar-refractivity contribution is 5.94. The summed E-state index contributed by atoms with van der Waals surface area (Å²) in [6.07, 6.45) is 7.46. The van der Waals surface area contributed by atoms with E-state index in [0.717, 1.165) is 37.3 Å². The van der Waals surface area contributed by atoms with Crippen molar-refractivity contribution in [1.29, 1.82) is 0 Å². The summed E-state index contributed by atoms with van der Waals surface area (Å²) in [6, 6.07) is 0. The number of rotatable bonds is 5. The summed E-state index contributed by atoms with van der Waals surface area (Å²) in [7, 11) is 0. The molecule has 0 aliphatic heterocycles. The van der Waals surface area contributed by atoms with E-state index in [2.05, 4.69) is 20.8 Å². The van der Waals surface area contributed by atoms with Gasteiger partial charge in [0, 0.05) is 12.0 Å². The zero-order valence-electron chi connectivity index (χ0n) is 15.3. The molecule has 24 heavy (non-hydrogen) atoms. The number of carbonyl (C=O) groups excluding carboxylic acids is 1. The Balaban J connectivity index is 2.30. The first kappa shape index (κ1) is 18.9. The second kappa shape index (κ2) is 6.83. The van der Waals surface area contributed by atoms with Gasteiger partial charge in [0.1, 0.15) is 0 Å². The lowest BCUT2D eigenvalue weighted by atomic mass is 9.48. The smallest absolute Gasteiger partial charge is 0.328 e. The predicted octanol–water partition coefficient (Wildman–Crippen LogP) is 3.75. The normalized spacial score (nSPS) is 33.0. The summed E-state index contributed by atoms with van der Waals surface area (Å²) >= 11 is 0. The number of ketones is 1. The van der Waals surface area contributed by atoms with Gasteiger partial charge >= 0.3 is 5.97 Å². The summed E-state index contributed by atoms with van der Waals surface area (Å²) in [5, 5.41) is 18.3. The van der Waals surface area contributed by atoms with Gasteiger partial charge in [0.2, 0.25) is 0 Å². The SMILES string of the molecule is CC1=CC(=O)[C@@H]2C(C)(C)CCC[C@@]2(C)[C@@H]1CC/C(=C\C(=O)O)CO. The minimum absolute atomic E-state index is 0.00372. The largest absolute Gasteiger partial charge is 0.478 e. The molecule has 0 heterocycles. The maximum Gasteiger partial charge on any atom is 0.328 e. The first-order valence-electron chi connectivity index (χ1n) is 8.87. The monoisotopic (exact) mass is 334 g/mol. The molecular formula is C20H30O4. The lowest BCUT2D eigenvalue weighted by Gasteiger charge is -2.55. The van der Waals surface area contributed by atoms with Gasteiger partial charge in [-0.25, -0.2) is 4.79 Å². The molecule has 1 saturated carbocycles. The van der Waals surface area contributed by atoms with Crippen LogP contribution in [0, 0.1) is 22.7 Å². The number of allylic oxidation sites excluding steroid dienone is 2. The van der Waals surface area contributed by atoms with Crippen molar-refractivity contribution >= 4 is 11.8 Å². The zero-order chi connectivity index (χ0) is 18.1. The number of aliphatic hydroxyl groups is 1. The fraction of sp³-hybridized carbons (Fsp3) is 0.700. The van der Waals surface area contributed by atoms with E-state index in [1.165, 1.54) is 0 Å². The van der Waals surface area contributed by atoms with E-state index in [-0.39, 0.29) is 35.1 Å². The lowest BCUT2D eigenvalue weighted by molar-refractivity contribution is -0.136. The molecule has 0 unspecified atom stereocenters. The minimum Gasteiger partial charge on any atom is -0.478 e. The second-order valence-corrected chi connectivity index (χ2v) is 8.46. The Morgan fingerprint density at radius 1 is 1.33 bits per heavy atom. The Morgan fingerprint density at radius 3 is 2.58 bits per heavy atom. The quantitative estimate of drug-likeness (QED) is 0.751. The van der Waals surface area contributed by atoms with Crippen LogP contribution in [0.3, 0.4) is 0 Å². The molecule has 2 N–H and O–H groups in total. The summed E-state index contributed by atoms with van der Waals surface area (Å²) in [6.45, 7) is 8.42. The average Bonchev–Trinajstić information content (AvgIpc) is 2.43. The van der Waals surface area contributed by atoms with Crippen LogP contribution >= 0.6 is 0 Å². The summed E-state index contributed by atoms with van der Waals surface area (Å²) in [5.74, 6) is -0.496. The molecule has 0 saturated heterocycles. The van der Waals surface area contributed by atoms with Gasteiger partial charge in [-0.2, -0.15) is 0 Å². The van der Waals surface area contributed by atoms with Gasteiger partial charge in [-0.05, 0) is 61.0 Å². The van der Waals surface area contributed by atoms with Crippen LogP contribution in [-0.2, 0) is 9.59 Å². The van der Waals surface area contributed by atoms with Crippen LogP contribution in [0.25, 0.3) is 0 Å². The van der Waals surface area contributed by atoms with E-state index >= 15 is 0 Å². The highest BCUT2D eigenvalue weighted by Crippen LogP contribution is 2.59. The number of fused-ring (bicyclic) bond motifs is 1. The summed E-state index contributed by atoms with van der Waals surface area (Å²) < 4.78 is 0. The zero-order valence-corrected chi connectivity index (χ0v) is 15.3. The van der Waals surface area contributed by atoms with Crippen LogP contribution in [0.15, 0.2) is 23.3 Å². The van der Waals surface area contributed by atoms with Crippen molar-refractivity contribution in [1.82, 2.24) is 0 Å². The molecule has 0 aromatic heterocycles. The van der Waals surface area contributed by atoms with Crippen LogP contribution < -0.4 is 0 Å². The molecule has 134 valence electrons. The summed E-state index contributed by atoms with van der Waals surface area (Å²) in [4.78, 5) is 23.6. The van der Waals surface area contributed by atoms with Crippen LogP contribution in [0.2, 0.25) is 0 Å². The predicted molar refractivity (Wildman–Crippen MR) is 93.5 cm³/mol. The van der Waals surface area contributed by atoms with E-state index in [0.29, 0.717) is 12.0 Å². The topological polar surface area (TPSA) is 74.6 Å². The fourth-order valence-corrected chi connectivity index (χ4v) is 5.38. The third-order valence-electron chi connectivity index (χ3n) is 6.26. The number of hydrogen-bond donors (Lipinski definition) is 2. The molecule has 0 aromatic carbocycles. The highest BCUT2D eigenvalue weighted by Gasteiger charge is 2.55. The molecule has 4 heteroatoms. The fourth-order valence-electron chi connectivity index (χ4n) is 5.38. The van der Waals surface area contributed by atoms with Crippen LogP contribution in [0.1, 0.15) is 59.8 Å². The van der Waals surface area contributed by atoms with E-state index < -0.39 is 5.97 Å². The standard InChI is InChI=1S/C20H30O4/c1-13-10-16(22)18-19(2,3)8-5-9-20(18,4)15(13)7-6-14(12-21)11-17(23)24/h10-11,15,18,21H,5-9,12H2,1-4H3,(H,23,24)/b14-11+/t15-,18-,20+/m1/s1. The molecular weight excluding hydrogens is 304 g/mol. The molecule has 0 aromatic rings. The van der Waals surface area contributed by atoms with E-state index in [4.69, 9.17) is 5.11 Å². The van der Waals surface area contributed by atoms with Gasteiger partial charge in [-0.15, -0.1) is 0 Å². The van der Waals surface area contributed by atoms with Gasteiger partial charge in [0.15, 0.2) is 5.78 Å². The first-order valence-corrected chi connectivity index (χ1v) is 8.87. The second-order valence-electron chi connectivity index (χ2n) is 8.46. The number of aliphatic hydroxyl groups excluding tert-OH is 1. The third-order valence-corrected chi connectivity index (χ3v) is 6.26. The Labute approximate surface area is 144 Å². The van der Waals surface area contributed by atoms with Crippen molar-refractivity contribution < 1.29 is 19.8 Å². The Bertz CT molecular complexity index is 584. The van der Waals surface area contributed by atoms with Crippen molar-refractivity contribution in [2.45, 2.75) is 59.8 Å². The molecule has 3 atom stereocenters. The molecule has 1 fully saturated rings. The molecule has 2 aliphatic rings. The van der Waals surface area contributed by atoms with Gasteiger partial charge in [-0.1, -0.05) is 32.8 Å². The van der Waals surface area contributed by atoms with Gasteiger partial charge in [0.25, 0.3) is 0 Å². The Kier molecular flexibility index (Phi) is 5.38. The number of aliphatic carboxylic acids is 1. The number of carboxylic acid groups (broad SMARTS) is 1. The summed E-state index contributed by atoms with van der Waals surface area (Å²) in [5.41, 5.74) is 1.56. The van der Waals surface area contributed by atoms with E-state index in [1.807, 2.05) is 13.0 Å². The molecule has 0 bridgehead atoms. The van der Waals surface area contributed by atoms with E-state index in [9.17, 15) is 14.7 Å². The first-order chi connectivity index (χ1) is 11.1. The Hall–Kier alpha value is -1.42. The van der Waals surface area contributed by atoms with Crippen LogP contribution in [0.4, 0.5) is 0 Å². The maximum atomic E-state index is 12.7. The average molecular weight is 334 g/mol. The van der Waals surface area contributed by atoms with Crippen molar-refractivity contribution in [3.63, 3.8) is 0 Å². The van der Waals surface area contributed by atoms with Crippen molar-refractivity contribution in [3.05, 3.63) is 23.3 Å². The van der Waals surface area contributed by atoms with Gasteiger partial charge in [0.05, 0.1) is 6.61 Å². The molecule has 2 rings (SSSR count). The van der Waals surface area contributed by atoms with E-state index in [1.54, 1.807) is 0 Å². The van der Waals surface area contributed by atoms with Crippen molar-refractivity contribution in [2.75, 3.05) is 6.61 Å². The van der Waals surface area contributed by atoms with Crippen LogP contribution in [0.5, 0.6) is 0 Å². The maximum absolute atomic E-state index is 12.7. The van der Waals surface area contributed by atoms with Crippen molar-refractivity contribution in [2.24, 2.45) is 22.7 Å². The van der Waals surface area contributed by atoms with Gasteiger partial charge in [-0.3, -0.25) is 4.79 Å². The van der Waals surface area contributed by atoms with Gasteiger partial charge < -0.3 is 10.2 Å². The number of hydrogen-bond acceptors (Lipinski definition) is 3. The van der Waals surface area contributed by atoms with Crippen LogP contribution in [-0.4, -0.2) is 28.6 Å². The molecule has 0 amide bonds. The number of carbonyl (C=O) groups is 2.